The van der Waals surface area contributed by atoms with Crippen LogP contribution in [0.5, 0.6) is 5.75 Å². The van der Waals surface area contributed by atoms with E-state index in [-0.39, 0.29) is 95.8 Å². The first-order chi connectivity index (χ1) is 61.2. The van der Waals surface area contributed by atoms with Crippen LogP contribution in [0.15, 0.2) is 28.5 Å². The van der Waals surface area contributed by atoms with Crippen molar-refractivity contribution >= 4 is 140 Å². The summed E-state index contributed by atoms with van der Waals surface area (Å²) in [6.45, 7) is 23.8. The van der Waals surface area contributed by atoms with Crippen molar-refractivity contribution in [1.82, 2.24) is 89.6 Å². The van der Waals surface area contributed by atoms with Crippen molar-refractivity contribution in [3.63, 3.8) is 0 Å². The number of oxime groups is 2. The van der Waals surface area contributed by atoms with Crippen LogP contribution in [0.4, 0.5) is 0 Å². The van der Waals surface area contributed by atoms with Crippen LogP contribution >= 0.6 is 22.6 Å². The van der Waals surface area contributed by atoms with Crippen LogP contribution in [0.1, 0.15) is 192 Å². The Morgan fingerprint density at radius 1 is 0.530 bits per heavy atom. The molecular formula is C83H140IN23O24Tc. The first kappa shape index (κ1) is 120. The molecule has 0 aliphatic carbocycles. The molecule has 0 aromatic heterocycles. The smallest absolute Gasteiger partial charge is 0.303 e. The standard InChI is InChI=1S/C83H140IN23O24.Tc/c1-43(2)36-56(74(122)94-52(18-15-16-28-85)70(118)90-41-66(115)89-29-33-106(34-30-91-82(11,12)47(8)104-130)35-31-92-83(13,14)48(9)105-131)98-75(123)57(37-44(3)4)100-80(128)69(46(7)109)103-77(125)58(39-50-20-24-62(111)51(84)38-50)99-78(126)61-19-17-32-107(61)81(129)60(42-108)101-79(127)68(45(5)6)102-73(121)54(22-26-64(87)113)95-72(120)55(23-27-67(116)117)96-71(119)53(21-25-63(86)112)97-76(124)59(40-65(88)114)93-49(10)110;/h20,24,38,43-46,52-61,68-69,91-92,108-109,111,130-131H,15-19,21-23,25-37,39-42,85H2,1-14H3,(H2,86,112)(H2,87,113)(H2,88,114)(H,89,115)(H,90,118)(H,93,110)(H,94,122)(H,95,120)(H,96,119)(H,97,124)(H,98,123)(H,99,126)(H,100,128)(H,101,127)(H,102,121)(H,103,125)(H,116,117);/b104-47+,105-48+;/t46-,52+,53+,54+,55+,56+,57+,58+,59+,60+,61+,68+,69+;/m1./s1/i;1+1. The normalized spacial score (nSPS) is 15.7. The van der Waals surface area contributed by atoms with Crippen molar-refractivity contribution in [2.24, 2.45) is 51.0 Å². The fraction of sp³-hybridized carbons (Fsp3) is 0.687. The number of rotatable bonds is 62. The Morgan fingerprint density at radius 3 is 1.40 bits per heavy atom. The van der Waals surface area contributed by atoms with E-state index in [4.69, 9.17) is 22.9 Å². The first-order valence-corrected chi connectivity index (χ1v) is 44.6. The van der Waals surface area contributed by atoms with Crippen molar-refractivity contribution in [1.29, 1.82) is 0 Å². The second kappa shape index (κ2) is 59.9. The van der Waals surface area contributed by atoms with E-state index in [2.05, 4.69) is 95.0 Å². The van der Waals surface area contributed by atoms with Gasteiger partial charge in [0, 0.05) is 98.5 Å². The average molecular weight is 2070 g/mol. The second-order valence-electron chi connectivity index (χ2n) is 34.6. The molecule has 0 unspecified atom stereocenters. The maximum absolute atomic E-state index is 14.8. The van der Waals surface area contributed by atoms with Gasteiger partial charge in [-0.1, -0.05) is 57.9 Å². The third-order valence-electron chi connectivity index (χ3n) is 21.6. The molecule has 47 nitrogen and oxygen atoms in total. The van der Waals surface area contributed by atoms with Crippen LogP contribution in [-0.4, -0.2) is 314 Å². The molecule has 1 aliphatic heterocycles. The maximum Gasteiger partial charge on any atom is 0.303 e. The summed E-state index contributed by atoms with van der Waals surface area (Å²) >= 11 is 1.82. The number of nitrogens with two attached hydrogens (primary N) is 4. The van der Waals surface area contributed by atoms with Crippen LogP contribution in [0.2, 0.25) is 0 Å². The third kappa shape index (κ3) is 43.9. The van der Waals surface area contributed by atoms with E-state index in [9.17, 15) is 117 Å². The minimum absolute atomic E-state index is 0. The summed E-state index contributed by atoms with van der Waals surface area (Å²) in [5.41, 5.74) is 21.8. The fourth-order valence-electron chi connectivity index (χ4n) is 13.5. The number of nitrogens with zero attached hydrogens (tertiary/aromatic N) is 4. The summed E-state index contributed by atoms with van der Waals surface area (Å²) in [5.74, 6) is -20.0. The molecule has 0 spiro atoms. The van der Waals surface area contributed by atoms with Crippen LogP contribution in [0.3, 0.4) is 0 Å². The minimum atomic E-state index is -1.88. The van der Waals surface area contributed by atoms with Gasteiger partial charge < -0.3 is 138 Å². The number of aliphatic carboxylic acids is 1. The van der Waals surface area contributed by atoms with Gasteiger partial charge in [-0.05, 0) is 177 Å². The molecule has 1 aromatic carbocycles. The van der Waals surface area contributed by atoms with Gasteiger partial charge in [-0.2, -0.15) is 0 Å². The number of aliphatic hydroxyl groups excluding tert-OH is 2. The van der Waals surface area contributed by atoms with Gasteiger partial charge in [-0.3, -0.25) is 91.2 Å². The molecule has 13 atom stereocenters. The number of likely N-dealkylation sites (tertiary alicyclic amines) is 1. The molecule has 1 fully saturated rings. The summed E-state index contributed by atoms with van der Waals surface area (Å²) in [7, 11) is 0. The summed E-state index contributed by atoms with van der Waals surface area (Å²) in [4.78, 5) is 248. The number of hydrogen-bond donors (Lipinski definition) is 25. The molecule has 2 rings (SSSR count). The second-order valence-corrected chi connectivity index (χ2v) is 35.8. The van der Waals surface area contributed by atoms with Crippen LogP contribution < -0.4 is 103 Å². The van der Waals surface area contributed by atoms with E-state index in [0.29, 0.717) is 66.1 Å². The van der Waals surface area contributed by atoms with Gasteiger partial charge in [0.1, 0.15) is 78.3 Å². The van der Waals surface area contributed by atoms with E-state index < -0.39 is 260 Å². The van der Waals surface area contributed by atoms with E-state index in [1.54, 1.807) is 41.5 Å². The van der Waals surface area contributed by atoms with Crippen LogP contribution in [0, 0.1) is 21.3 Å². The first-order valence-electron chi connectivity index (χ1n) is 43.5. The SMILES string of the molecule is CC(=O)N[C@@H](CC(N)=O)C(=O)N[C@@H](CCC(N)=O)C(=O)N[C@@H](CCC(=O)O)C(=O)N[C@@H](CCC(N)=O)C(=O)N[C@H](C(=O)N[C@@H](CO)C(=O)N1CCC[C@H]1C(=O)N[C@@H](Cc1ccc(O)c(I)c1)C(=O)N[C@H](C(=O)N[C@@H](CC(C)C)C(=O)N[C@@H](CC(C)C)C(=O)N[C@@H](CCCCN)C(=O)NCC(=O)NCCN(CCNC(C)(C)/C(C)=N/O)CCNC(C)(C)/C(C)=N/O)[C@@H](C)O)C(C)C.[99Tc]. The van der Waals surface area contributed by atoms with Crippen LogP contribution in [0.25, 0.3) is 0 Å². The monoisotopic (exact) mass is 2070 g/mol. The number of unbranched alkanes of at least 4 members (excludes halogenated alkanes) is 1. The fourth-order valence-corrected chi connectivity index (χ4v) is 14.1. The number of amides is 17. The van der Waals surface area contributed by atoms with Gasteiger partial charge in [-0.25, -0.2) is 0 Å². The molecule has 17 amide bonds. The predicted octanol–water partition coefficient (Wildman–Crippen LogP) is -5.63. The number of benzene rings is 1. The van der Waals surface area contributed by atoms with Crippen molar-refractivity contribution in [3.8, 4) is 5.75 Å². The topological polar surface area (TPSA) is 744 Å². The molecule has 29 N–H and O–H groups in total. The zero-order chi connectivity index (χ0) is 99.5. The summed E-state index contributed by atoms with van der Waals surface area (Å²) in [6.07, 6.45) is -5.77. The van der Waals surface area contributed by atoms with Crippen molar-refractivity contribution < 1.29 is 137 Å². The van der Waals surface area contributed by atoms with Crippen molar-refractivity contribution in [2.75, 3.05) is 65.5 Å². The van der Waals surface area contributed by atoms with E-state index >= 15 is 0 Å². The molecule has 1 saturated heterocycles. The van der Waals surface area contributed by atoms with Crippen molar-refractivity contribution in [3.05, 3.63) is 27.3 Å². The Hall–Kier alpha value is -10.4. The number of phenolic OH excluding ortho intramolecular Hbond substituents is 1. The molecular weight excluding hydrogens is 1930 g/mol. The third-order valence-corrected chi connectivity index (χ3v) is 22.4. The zero-order valence-electron chi connectivity index (χ0n) is 77.5. The Bertz CT molecular complexity index is 4090. The van der Waals surface area contributed by atoms with Gasteiger partial charge in [0.15, 0.2) is 0 Å². The Labute approximate surface area is 795 Å². The van der Waals surface area contributed by atoms with E-state index in [1.165, 1.54) is 32.0 Å². The Balaban J connectivity index is 0.0000871. The number of aromatic hydroxyl groups is 1. The molecule has 0 saturated carbocycles. The minimum Gasteiger partial charge on any atom is -0.507 e. The largest absolute Gasteiger partial charge is 0.507 e. The molecule has 49 heteroatoms. The van der Waals surface area contributed by atoms with Gasteiger partial charge in [0.05, 0.1) is 51.7 Å². The number of phenols is 1. The van der Waals surface area contributed by atoms with E-state index in [1.807, 2.05) is 50.3 Å². The summed E-state index contributed by atoms with van der Waals surface area (Å²) < 4.78 is 0.314. The zero-order valence-corrected chi connectivity index (χ0v) is 81.5. The van der Waals surface area contributed by atoms with Gasteiger partial charge >= 0.3 is 5.97 Å². The number of hydrogen-bond acceptors (Lipinski definition) is 29. The van der Waals surface area contributed by atoms with Crippen molar-refractivity contribution in [2.45, 2.75) is 283 Å². The predicted molar refractivity (Wildman–Crippen MR) is 486 cm³/mol. The van der Waals surface area contributed by atoms with Crippen LogP contribution in [-0.2, 0) is 113 Å². The number of carboxylic acids is 1. The van der Waals surface area contributed by atoms with Gasteiger partial charge in [0.25, 0.3) is 0 Å². The number of aliphatic hydroxyl groups is 2. The Kier molecular flexibility index (Phi) is 54.3. The number of carbonyl (C=O) groups excluding carboxylic acids is 17. The number of nitrogens with one attached hydrogen (secondary N) is 15. The molecule has 0 bridgehead atoms. The molecule has 1 heterocycles. The summed E-state index contributed by atoms with van der Waals surface area (Å²) in [6, 6.07) is -15.4. The molecule has 132 heavy (non-hydrogen) atoms. The quantitative estimate of drug-likeness (QED) is 0.00950. The van der Waals surface area contributed by atoms with Gasteiger partial charge in [0.2, 0.25) is 100 Å². The number of primary amides is 3. The number of carbonyl (C=O) groups is 18. The number of halogens is 1. The Morgan fingerprint density at radius 2 is 0.962 bits per heavy atom. The molecule has 1 radical (unpaired) electrons. The molecule has 745 valence electrons. The molecule has 1 aliphatic rings. The van der Waals surface area contributed by atoms with Gasteiger partial charge in [-0.15, -0.1) is 0 Å². The van der Waals surface area contributed by atoms with E-state index in [0.717, 1.165) is 18.7 Å². The average Bonchev–Trinajstić information content (AvgIpc) is 1.63. The summed E-state index contributed by atoms with van der Waals surface area (Å²) in [5, 5.41) is 107. The molecule has 1 aromatic rings. The maximum atomic E-state index is 14.8. The number of carboxylic acid groups (broad SMARTS) is 1.